The van der Waals surface area contributed by atoms with E-state index in [1.165, 1.54) is 15.9 Å². The van der Waals surface area contributed by atoms with Crippen LogP contribution >= 0.6 is 72.8 Å². The van der Waals surface area contributed by atoms with Crippen LogP contribution in [0.4, 0.5) is 5.69 Å². The van der Waals surface area contributed by atoms with Crippen LogP contribution in [0.3, 0.4) is 0 Å². The molecule has 272 valence electrons. The monoisotopic (exact) mass is 814 g/mol. The van der Waals surface area contributed by atoms with Crippen LogP contribution in [-0.2, 0) is 16.2 Å². The molecule has 0 radical (unpaired) electrons. The summed E-state index contributed by atoms with van der Waals surface area (Å²) in [6.07, 6.45) is 8.22. The summed E-state index contributed by atoms with van der Waals surface area (Å²) in [6.45, 7) is 1.67. The molecule has 10 nitrogen and oxygen atoms in total. The maximum absolute atomic E-state index is 13.0. The molecule has 0 fully saturated rings. The van der Waals surface area contributed by atoms with Crippen LogP contribution in [0, 0.1) is 6.92 Å². The van der Waals surface area contributed by atoms with Gasteiger partial charge in [-0.2, -0.15) is 0 Å². The number of anilines is 1. The lowest BCUT2D eigenvalue weighted by Crippen LogP contribution is -2.37. The number of aryl methyl sites for hydroxylation is 1. The highest BCUT2D eigenvalue weighted by Gasteiger charge is 2.20. The van der Waals surface area contributed by atoms with E-state index in [1.54, 1.807) is 76.1 Å². The van der Waals surface area contributed by atoms with Gasteiger partial charge in [0.05, 0.1) is 29.3 Å². The number of benzene rings is 3. The van der Waals surface area contributed by atoms with E-state index in [4.69, 9.17) is 32.9 Å². The highest BCUT2D eigenvalue weighted by molar-refractivity contribution is 6.38. The van der Waals surface area contributed by atoms with E-state index in [0.717, 1.165) is 22.3 Å². The Kier molecular flexibility index (Phi) is 17.8. The predicted molar refractivity (Wildman–Crippen MR) is 213 cm³/mol. The van der Waals surface area contributed by atoms with Gasteiger partial charge in [-0.05, 0) is 55.0 Å². The second kappa shape index (κ2) is 20.1. The fraction of sp³-hybridized carbons (Fsp3) is 0.171. The van der Waals surface area contributed by atoms with Gasteiger partial charge in [0, 0.05) is 66.8 Å². The van der Waals surface area contributed by atoms with Crippen LogP contribution in [0.5, 0.6) is 5.75 Å². The van der Waals surface area contributed by atoms with E-state index in [-0.39, 0.29) is 73.7 Å². The second-order valence-corrected chi connectivity index (χ2v) is 11.7. The van der Waals surface area contributed by atoms with Crippen LogP contribution in [0.1, 0.15) is 27.2 Å². The first-order valence-corrected chi connectivity index (χ1v) is 15.3. The second-order valence-electron chi connectivity index (χ2n) is 10.9. The number of imidazole rings is 1. The van der Waals surface area contributed by atoms with Gasteiger partial charge in [-0.3, -0.25) is 14.4 Å². The van der Waals surface area contributed by atoms with Crippen molar-refractivity contribution in [2.75, 3.05) is 32.6 Å². The van der Waals surface area contributed by atoms with E-state index in [1.807, 2.05) is 42.0 Å². The van der Waals surface area contributed by atoms with Crippen molar-refractivity contribution < 1.29 is 19.1 Å². The van der Waals surface area contributed by atoms with Crippen molar-refractivity contribution in [3.8, 4) is 11.4 Å². The number of hydrogen-bond acceptors (Lipinski definition) is 6. The third kappa shape index (κ3) is 10.7. The lowest BCUT2D eigenvalue weighted by molar-refractivity contribution is -0.122. The minimum Gasteiger partial charge on any atom is -0.487 e. The average molecular weight is 817 g/mol. The molecule has 0 aliphatic rings. The van der Waals surface area contributed by atoms with Crippen molar-refractivity contribution in [2.24, 2.45) is 0 Å². The summed E-state index contributed by atoms with van der Waals surface area (Å²) < 4.78 is 8.13. The molecule has 2 aromatic heterocycles. The summed E-state index contributed by atoms with van der Waals surface area (Å²) >= 11 is 13.3. The zero-order chi connectivity index (χ0) is 33.7. The Morgan fingerprint density at radius 3 is 2.31 bits per heavy atom. The van der Waals surface area contributed by atoms with E-state index >= 15 is 0 Å². The number of nitrogens with zero attached hydrogens (tertiary/aromatic N) is 5. The van der Waals surface area contributed by atoms with Gasteiger partial charge in [-0.25, -0.2) is 9.97 Å². The zero-order valence-corrected chi connectivity index (χ0v) is 32.6. The Balaban J connectivity index is 0.00000325. The molecule has 0 saturated heterocycles. The SMILES string of the molecule is Cc1cc(-n2ccnc2)c2cccc(OCc3c(Cl)ccc(N(C)C(=O)CNC(=O)/C=C/c4ccc(C(=O)N(C)C)cc4)c3Cl)c2n1.Cl.Cl.Cl.Cl. The number of carbonyl (C=O) groups excluding carboxylic acids is 3. The van der Waals surface area contributed by atoms with Crippen LogP contribution < -0.4 is 15.0 Å². The third-order valence-electron chi connectivity index (χ3n) is 7.37. The van der Waals surface area contributed by atoms with Gasteiger partial charge in [0.1, 0.15) is 17.9 Å². The first-order chi connectivity index (χ1) is 22.5. The van der Waals surface area contributed by atoms with E-state index in [2.05, 4.69) is 10.3 Å². The Morgan fingerprint density at radius 1 is 0.961 bits per heavy atom. The molecule has 0 bridgehead atoms. The summed E-state index contributed by atoms with van der Waals surface area (Å²) in [5, 5.41) is 4.10. The highest BCUT2D eigenvalue weighted by atomic mass is 35.5. The van der Waals surface area contributed by atoms with Crippen LogP contribution in [-0.4, -0.2) is 64.8 Å². The molecule has 5 aromatic rings. The molecule has 0 unspecified atom stereocenters. The molecule has 16 heteroatoms. The zero-order valence-electron chi connectivity index (χ0n) is 27.8. The molecular weight excluding hydrogens is 781 g/mol. The predicted octanol–water partition coefficient (Wildman–Crippen LogP) is 7.80. The third-order valence-corrected chi connectivity index (χ3v) is 8.15. The lowest BCUT2D eigenvalue weighted by Gasteiger charge is -2.21. The Morgan fingerprint density at radius 2 is 1.67 bits per heavy atom. The van der Waals surface area contributed by atoms with Gasteiger partial charge >= 0.3 is 0 Å². The number of likely N-dealkylation sites (N-methyl/N-ethyl adjacent to an activating group) is 1. The summed E-state index contributed by atoms with van der Waals surface area (Å²) in [5.41, 5.74) is 4.58. The molecule has 0 aliphatic carbocycles. The van der Waals surface area contributed by atoms with Gasteiger partial charge in [-0.1, -0.05) is 47.5 Å². The maximum Gasteiger partial charge on any atom is 0.253 e. The van der Waals surface area contributed by atoms with Gasteiger partial charge in [0.15, 0.2) is 0 Å². The molecule has 0 aliphatic heterocycles. The summed E-state index contributed by atoms with van der Waals surface area (Å²) in [4.78, 5) is 49.2. The molecule has 3 amide bonds. The molecule has 2 heterocycles. The lowest BCUT2D eigenvalue weighted by atomic mass is 10.1. The van der Waals surface area contributed by atoms with Crippen LogP contribution in [0.15, 0.2) is 85.5 Å². The first kappa shape index (κ1) is 45.0. The van der Waals surface area contributed by atoms with Gasteiger partial charge in [0.25, 0.3) is 5.91 Å². The molecule has 51 heavy (non-hydrogen) atoms. The van der Waals surface area contributed by atoms with Crippen LogP contribution in [0.2, 0.25) is 10.0 Å². The number of ether oxygens (including phenoxy) is 1. The number of nitrogens with one attached hydrogen (secondary N) is 1. The van der Waals surface area contributed by atoms with Crippen molar-refractivity contribution in [2.45, 2.75) is 13.5 Å². The number of pyridine rings is 1. The van der Waals surface area contributed by atoms with Gasteiger partial charge in [0.2, 0.25) is 11.8 Å². The molecule has 0 spiro atoms. The topological polar surface area (TPSA) is 110 Å². The first-order valence-electron chi connectivity index (χ1n) is 14.6. The molecule has 0 atom stereocenters. The number of amides is 3. The number of fused-ring (bicyclic) bond motifs is 1. The van der Waals surface area contributed by atoms with Gasteiger partial charge < -0.3 is 24.4 Å². The molecule has 5 rings (SSSR count). The van der Waals surface area contributed by atoms with Crippen molar-refractivity contribution in [3.05, 3.63) is 118 Å². The minimum absolute atomic E-state index is 0. The average Bonchev–Trinajstić information content (AvgIpc) is 3.60. The van der Waals surface area contributed by atoms with Crippen molar-refractivity contribution in [1.82, 2.24) is 24.8 Å². The summed E-state index contributed by atoms with van der Waals surface area (Å²) in [6, 6.07) is 17.8. The Bertz CT molecular complexity index is 1990. The normalized spacial score (nSPS) is 10.2. The maximum atomic E-state index is 13.0. The largest absolute Gasteiger partial charge is 0.487 e. The smallest absolute Gasteiger partial charge is 0.253 e. The number of para-hydroxylation sites is 1. The molecule has 3 aromatic carbocycles. The number of hydrogen-bond donors (Lipinski definition) is 1. The van der Waals surface area contributed by atoms with E-state index in [0.29, 0.717) is 33.1 Å². The fourth-order valence-electron chi connectivity index (χ4n) is 4.83. The minimum atomic E-state index is -0.452. The standard InChI is InChI=1S/C35H32Cl2N6O4.4ClH/c1-22-18-29(43-17-16-38-21-43)25-6-5-7-30(34(25)40-22)47-20-26-27(36)13-14-28(33(26)37)42(4)32(45)19-39-31(44)15-10-23-8-11-24(12-9-23)35(46)41(2)3;;;;/h5-18,21H,19-20H2,1-4H3,(H,39,44);4*1H/b15-10+;;;;. The Labute approximate surface area is 330 Å². The van der Waals surface area contributed by atoms with Crippen molar-refractivity contribution in [3.63, 3.8) is 0 Å². The highest BCUT2D eigenvalue weighted by Crippen LogP contribution is 2.36. The molecular formula is C35H36Cl6N6O4. The quantitative estimate of drug-likeness (QED) is 0.144. The molecule has 0 saturated carbocycles. The van der Waals surface area contributed by atoms with Crippen LogP contribution in [0.25, 0.3) is 22.7 Å². The number of aromatic nitrogens is 3. The van der Waals surface area contributed by atoms with E-state index in [9.17, 15) is 14.4 Å². The number of rotatable bonds is 10. The Hall–Kier alpha value is -4.03. The van der Waals surface area contributed by atoms with Crippen molar-refractivity contribution >= 4 is 113 Å². The summed E-state index contributed by atoms with van der Waals surface area (Å²) in [7, 11) is 4.92. The number of carbonyl (C=O) groups is 3. The number of halogens is 6. The van der Waals surface area contributed by atoms with Crippen molar-refractivity contribution in [1.29, 1.82) is 0 Å². The molecule has 1 N–H and O–H groups in total. The fourth-order valence-corrected chi connectivity index (χ4v) is 5.43. The van der Waals surface area contributed by atoms with E-state index < -0.39 is 11.8 Å². The summed E-state index contributed by atoms with van der Waals surface area (Å²) in [5.74, 6) is -0.413. The van der Waals surface area contributed by atoms with Gasteiger partial charge in [-0.15, -0.1) is 49.6 Å².